The Labute approximate surface area is 147 Å². The van der Waals surface area contributed by atoms with Crippen LogP contribution in [0.3, 0.4) is 0 Å². The number of H-pyrrole nitrogens is 1. The van der Waals surface area contributed by atoms with Crippen LogP contribution in [0, 0.1) is 5.82 Å². The minimum atomic E-state index is -0.254. The summed E-state index contributed by atoms with van der Waals surface area (Å²) in [6.45, 7) is 5.39. The summed E-state index contributed by atoms with van der Waals surface area (Å²) in [5.41, 5.74) is 2.79. The Morgan fingerprint density at radius 1 is 1.40 bits per heavy atom. The Morgan fingerprint density at radius 2 is 2.16 bits per heavy atom. The number of rotatable bonds is 5. The average molecular weight is 345 g/mol. The highest BCUT2D eigenvalue weighted by Gasteiger charge is 2.26. The first-order valence-corrected chi connectivity index (χ1v) is 8.73. The first-order chi connectivity index (χ1) is 12.0. The molecule has 25 heavy (non-hydrogen) atoms. The van der Waals surface area contributed by atoms with Crippen LogP contribution in [-0.4, -0.2) is 46.8 Å². The van der Waals surface area contributed by atoms with E-state index in [4.69, 9.17) is 4.74 Å². The van der Waals surface area contributed by atoms with Crippen molar-refractivity contribution in [2.75, 3.05) is 19.7 Å². The molecule has 5 nitrogen and oxygen atoms in total. The van der Waals surface area contributed by atoms with Gasteiger partial charge in [-0.3, -0.25) is 9.89 Å². The monoisotopic (exact) mass is 345 g/mol. The van der Waals surface area contributed by atoms with Gasteiger partial charge in [-0.2, -0.15) is 5.10 Å². The number of amides is 1. The van der Waals surface area contributed by atoms with Crippen LogP contribution in [0.15, 0.2) is 30.5 Å². The van der Waals surface area contributed by atoms with E-state index in [2.05, 4.69) is 10.2 Å². The second kappa shape index (κ2) is 7.78. The molecule has 3 rings (SSSR count). The molecule has 134 valence electrons. The lowest BCUT2D eigenvalue weighted by Crippen LogP contribution is -2.40. The Hall–Kier alpha value is -2.21. The predicted octanol–water partition coefficient (Wildman–Crippen LogP) is 3.35. The quantitative estimate of drug-likeness (QED) is 0.904. The van der Waals surface area contributed by atoms with Crippen molar-refractivity contribution >= 4 is 5.91 Å². The van der Waals surface area contributed by atoms with Crippen LogP contribution in [-0.2, 0) is 9.53 Å². The zero-order valence-corrected chi connectivity index (χ0v) is 14.7. The van der Waals surface area contributed by atoms with Crippen molar-refractivity contribution in [3.8, 4) is 11.1 Å². The number of aromatic amines is 1. The van der Waals surface area contributed by atoms with Gasteiger partial charge in [0, 0.05) is 30.3 Å². The average Bonchev–Trinajstić information content (AvgIpc) is 3.09. The summed E-state index contributed by atoms with van der Waals surface area (Å²) in [6.07, 6.45) is 3.52. The van der Waals surface area contributed by atoms with Crippen LogP contribution in [0.25, 0.3) is 11.1 Å². The van der Waals surface area contributed by atoms with Crippen molar-refractivity contribution in [3.05, 3.63) is 42.0 Å². The smallest absolute Gasteiger partial charge is 0.248 e. The number of carbonyl (C=O) groups excluding carboxylic acids is 1. The lowest BCUT2D eigenvalue weighted by atomic mass is 9.89. The van der Waals surface area contributed by atoms with E-state index in [1.54, 1.807) is 12.3 Å². The Morgan fingerprint density at radius 3 is 2.84 bits per heavy atom. The highest BCUT2D eigenvalue weighted by atomic mass is 19.1. The highest BCUT2D eigenvalue weighted by molar-refractivity contribution is 5.77. The first-order valence-electron chi connectivity index (χ1n) is 8.73. The molecule has 1 amide bonds. The third-order valence-electron chi connectivity index (χ3n) is 4.60. The molecule has 0 unspecified atom stereocenters. The third kappa shape index (κ3) is 4.25. The Bertz CT molecular complexity index is 721. The molecule has 0 spiro atoms. The Kier molecular flexibility index (Phi) is 5.48. The number of hydrogen-bond acceptors (Lipinski definition) is 3. The van der Waals surface area contributed by atoms with Crippen LogP contribution in [0.5, 0.6) is 0 Å². The zero-order valence-electron chi connectivity index (χ0n) is 14.7. The molecule has 0 radical (unpaired) electrons. The van der Waals surface area contributed by atoms with E-state index >= 15 is 0 Å². The molecule has 1 aliphatic rings. The number of hydrogen-bond donors (Lipinski definition) is 1. The summed E-state index contributed by atoms with van der Waals surface area (Å²) >= 11 is 0. The van der Waals surface area contributed by atoms with Crippen molar-refractivity contribution in [2.24, 2.45) is 0 Å². The van der Waals surface area contributed by atoms with Crippen molar-refractivity contribution in [1.29, 1.82) is 0 Å². The van der Waals surface area contributed by atoms with E-state index in [-0.39, 0.29) is 30.4 Å². The molecular weight excluding hydrogens is 321 g/mol. The van der Waals surface area contributed by atoms with Gasteiger partial charge in [-0.15, -0.1) is 0 Å². The van der Waals surface area contributed by atoms with Gasteiger partial charge in [0.2, 0.25) is 5.91 Å². The fourth-order valence-electron chi connectivity index (χ4n) is 3.24. The van der Waals surface area contributed by atoms with E-state index in [0.717, 1.165) is 29.7 Å². The summed E-state index contributed by atoms with van der Waals surface area (Å²) in [5.74, 6) is 0.0770. The number of ether oxygens (including phenoxy) is 1. The summed E-state index contributed by atoms with van der Waals surface area (Å²) in [7, 11) is 0. The third-order valence-corrected chi connectivity index (χ3v) is 4.60. The van der Waals surface area contributed by atoms with Gasteiger partial charge in [-0.25, -0.2) is 4.39 Å². The molecule has 2 aromatic rings. The van der Waals surface area contributed by atoms with Gasteiger partial charge in [0.05, 0.1) is 12.3 Å². The van der Waals surface area contributed by atoms with Crippen LogP contribution in [0.1, 0.15) is 38.3 Å². The van der Waals surface area contributed by atoms with Crippen molar-refractivity contribution in [1.82, 2.24) is 15.1 Å². The van der Waals surface area contributed by atoms with Gasteiger partial charge in [0.1, 0.15) is 12.4 Å². The van der Waals surface area contributed by atoms with Crippen molar-refractivity contribution in [3.63, 3.8) is 0 Å². The maximum Gasteiger partial charge on any atom is 0.248 e. The molecule has 1 fully saturated rings. The molecule has 1 aliphatic heterocycles. The van der Waals surface area contributed by atoms with Gasteiger partial charge >= 0.3 is 0 Å². The summed E-state index contributed by atoms with van der Waals surface area (Å²) < 4.78 is 18.9. The maximum absolute atomic E-state index is 13.5. The summed E-state index contributed by atoms with van der Waals surface area (Å²) in [6, 6.07) is 6.56. The predicted molar refractivity (Wildman–Crippen MR) is 93.6 cm³/mol. The number of carbonyl (C=O) groups is 1. The molecule has 1 aromatic heterocycles. The second-order valence-corrected chi connectivity index (χ2v) is 6.72. The van der Waals surface area contributed by atoms with E-state index < -0.39 is 0 Å². The number of halogens is 1. The van der Waals surface area contributed by atoms with E-state index in [1.807, 2.05) is 24.8 Å². The molecule has 0 saturated carbocycles. The van der Waals surface area contributed by atoms with Gasteiger partial charge in [-0.05, 0) is 44.4 Å². The van der Waals surface area contributed by atoms with E-state index in [0.29, 0.717) is 13.1 Å². The van der Waals surface area contributed by atoms with E-state index in [1.165, 1.54) is 12.1 Å². The molecule has 0 bridgehead atoms. The molecule has 6 heteroatoms. The fraction of sp³-hybridized carbons (Fsp3) is 0.474. The molecular formula is C19H24FN3O2. The topological polar surface area (TPSA) is 58.2 Å². The molecule has 2 heterocycles. The second-order valence-electron chi connectivity index (χ2n) is 6.72. The SMILES string of the molecule is CC(C)OCC(=O)N1CCC(c2[nH]ncc2-c2cccc(F)c2)CC1. The Balaban J connectivity index is 1.64. The fourth-order valence-corrected chi connectivity index (χ4v) is 3.24. The lowest BCUT2D eigenvalue weighted by Gasteiger charge is -2.32. The lowest BCUT2D eigenvalue weighted by molar-refractivity contribution is -0.138. The van der Waals surface area contributed by atoms with Crippen molar-refractivity contribution in [2.45, 2.75) is 38.7 Å². The normalized spacial score (nSPS) is 15.8. The van der Waals surface area contributed by atoms with Crippen LogP contribution < -0.4 is 0 Å². The zero-order chi connectivity index (χ0) is 17.8. The van der Waals surface area contributed by atoms with Crippen LogP contribution in [0.2, 0.25) is 0 Å². The summed E-state index contributed by atoms with van der Waals surface area (Å²) in [4.78, 5) is 14.0. The number of benzene rings is 1. The maximum atomic E-state index is 13.5. The summed E-state index contributed by atoms with van der Waals surface area (Å²) in [5, 5.41) is 7.24. The molecule has 1 N–H and O–H groups in total. The van der Waals surface area contributed by atoms with Crippen molar-refractivity contribution < 1.29 is 13.9 Å². The molecule has 0 atom stereocenters. The van der Waals surface area contributed by atoms with Gasteiger partial charge in [0.15, 0.2) is 0 Å². The first kappa shape index (κ1) is 17.6. The molecule has 1 aromatic carbocycles. The van der Waals surface area contributed by atoms with Gasteiger partial charge in [0.25, 0.3) is 0 Å². The number of likely N-dealkylation sites (tertiary alicyclic amines) is 1. The largest absolute Gasteiger partial charge is 0.369 e. The number of piperidine rings is 1. The number of nitrogens with zero attached hydrogens (tertiary/aromatic N) is 2. The van der Waals surface area contributed by atoms with E-state index in [9.17, 15) is 9.18 Å². The highest BCUT2D eigenvalue weighted by Crippen LogP contribution is 2.34. The van der Waals surface area contributed by atoms with Gasteiger partial charge < -0.3 is 9.64 Å². The minimum Gasteiger partial charge on any atom is -0.369 e. The number of aromatic nitrogens is 2. The van der Waals surface area contributed by atoms with Gasteiger partial charge in [-0.1, -0.05) is 12.1 Å². The molecule has 1 saturated heterocycles. The minimum absolute atomic E-state index is 0.0436. The standard InChI is InChI=1S/C19H24FN3O2/c1-13(2)25-12-18(24)23-8-6-14(7-9-23)19-17(11-21-22-19)15-4-3-5-16(20)10-15/h3-5,10-11,13-14H,6-9,12H2,1-2H3,(H,21,22). The number of nitrogens with one attached hydrogen (secondary N) is 1. The van der Waals surface area contributed by atoms with Crippen LogP contribution >= 0.6 is 0 Å². The molecule has 0 aliphatic carbocycles. The van der Waals surface area contributed by atoms with Crippen LogP contribution in [0.4, 0.5) is 4.39 Å².